The molecule has 0 aliphatic rings. The van der Waals surface area contributed by atoms with E-state index in [2.05, 4.69) is 31.3 Å². The van der Waals surface area contributed by atoms with Crippen molar-refractivity contribution in [1.82, 2.24) is 5.32 Å². The van der Waals surface area contributed by atoms with E-state index < -0.39 is 4.92 Å². The third kappa shape index (κ3) is 3.56. The number of aryl methyl sites for hydroxylation is 1. The molecule has 0 aliphatic heterocycles. The van der Waals surface area contributed by atoms with E-state index in [1.54, 1.807) is 17.4 Å². The van der Waals surface area contributed by atoms with Crippen LogP contribution >= 0.6 is 22.9 Å². The number of thiophene rings is 1. The second-order valence-corrected chi connectivity index (χ2v) is 6.31. The Kier molecular flexibility index (Phi) is 4.75. The average molecular weight is 311 g/mol. The molecular weight excluding hydrogens is 296 g/mol. The molecular formula is C14H15ClN2O2S. The first kappa shape index (κ1) is 15.0. The lowest BCUT2D eigenvalue weighted by molar-refractivity contribution is -0.384. The minimum Gasteiger partial charge on any atom is -0.305 e. The van der Waals surface area contributed by atoms with Crippen LogP contribution in [0.3, 0.4) is 0 Å². The fourth-order valence-electron chi connectivity index (χ4n) is 1.84. The summed E-state index contributed by atoms with van der Waals surface area (Å²) in [6.07, 6.45) is 0. The molecule has 0 saturated carbocycles. The van der Waals surface area contributed by atoms with Gasteiger partial charge in [-0.2, -0.15) is 0 Å². The lowest BCUT2D eigenvalue weighted by atomic mass is 10.2. The molecule has 1 N–H and O–H groups in total. The van der Waals surface area contributed by atoms with Gasteiger partial charge in [-0.05, 0) is 37.6 Å². The molecule has 1 atom stereocenters. The Balaban J connectivity index is 2.02. The van der Waals surface area contributed by atoms with Crippen molar-refractivity contribution in [3.05, 3.63) is 60.8 Å². The van der Waals surface area contributed by atoms with Gasteiger partial charge in [-0.3, -0.25) is 10.1 Å². The molecule has 0 fully saturated rings. The molecule has 20 heavy (non-hydrogen) atoms. The summed E-state index contributed by atoms with van der Waals surface area (Å²) in [6.45, 7) is 4.74. The van der Waals surface area contributed by atoms with E-state index in [-0.39, 0.29) is 11.7 Å². The van der Waals surface area contributed by atoms with Crippen LogP contribution < -0.4 is 5.32 Å². The topological polar surface area (TPSA) is 55.2 Å². The van der Waals surface area contributed by atoms with Crippen LogP contribution in [0.5, 0.6) is 0 Å². The van der Waals surface area contributed by atoms with E-state index in [0.29, 0.717) is 11.6 Å². The van der Waals surface area contributed by atoms with Crippen molar-refractivity contribution in [3.8, 4) is 0 Å². The molecule has 2 rings (SSSR count). The zero-order chi connectivity index (χ0) is 14.7. The van der Waals surface area contributed by atoms with Gasteiger partial charge in [0.25, 0.3) is 5.69 Å². The lowest BCUT2D eigenvalue weighted by Gasteiger charge is -2.13. The number of nitro benzene ring substituents is 1. The smallest absolute Gasteiger partial charge is 0.270 e. The average Bonchev–Trinajstić information content (AvgIpc) is 2.83. The molecule has 0 radical (unpaired) electrons. The second kappa shape index (κ2) is 6.35. The van der Waals surface area contributed by atoms with E-state index in [0.717, 1.165) is 5.56 Å². The van der Waals surface area contributed by atoms with Crippen molar-refractivity contribution in [3.63, 3.8) is 0 Å². The van der Waals surface area contributed by atoms with Crippen LogP contribution in [-0.4, -0.2) is 4.92 Å². The number of hydrogen-bond donors (Lipinski definition) is 1. The van der Waals surface area contributed by atoms with Gasteiger partial charge in [-0.25, -0.2) is 0 Å². The largest absolute Gasteiger partial charge is 0.305 e. The van der Waals surface area contributed by atoms with Crippen molar-refractivity contribution in [1.29, 1.82) is 0 Å². The molecule has 1 heterocycles. The number of nitrogens with zero attached hydrogens (tertiary/aromatic N) is 1. The van der Waals surface area contributed by atoms with Crippen LogP contribution in [0.25, 0.3) is 0 Å². The molecule has 0 bridgehead atoms. The van der Waals surface area contributed by atoms with Crippen molar-refractivity contribution in [2.24, 2.45) is 0 Å². The summed E-state index contributed by atoms with van der Waals surface area (Å²) >= 11 is 7.82. The number of benzene rings is 1. The van der Waals surface area contributed by atoms with Crippen molar-refractivity contribution >= 4 is 28.6 Å². The summed E-state index contributed by atoms with van der Waals surface area (Å²) in [5, 5.41) is 14.4. The van der Waals surface area contributed by atoms with E-state index in [1.807, 2.05) is 0 Å². The maximum absolute atomic E-state index is 10.7. The van der Waals surface area contributed by atoms with Crippen molar-refractivity contribution < 1.29 is 4.92 Å². The number of nitro groups is 1. The molecule has 1 aromatic heterocycles. The van der Waals surface area contributed by atoms with E-state index in [9.17, 15) is 10.1 Å². The van der Waals surface area contributed by atoms with Crippen LogP contribution in [0.4, 0.5) is 5.69 Å². The molecule has 0 amide bonds. The van der Waals surface area contributed by atoms with Gasteiger partial charge in [0.15, 0.2) is 0 Å². The Hall–Kier alpha value is -1.43. The normalized spacial score (nSPS) is 12.3. The van der Waals surface area contributed by atoms with Crippen molar-refractivity contribution in [2.75, 3.05) is 0 Å². The lowest BCUT2D eigenvalue weighted by Crippen LogP contribution is -2.17. The van der Waals surface area contributed by atoms with Gasteiger partial charge in [0.1, 0.15) is 0 Å². The van der Waals surface area contributed by atoms with Crippen LogP contribution in [-0.2, 0) is 6.54 Å². The Labute approximate surface area is 126 Å². The molecule has 4 nitrogen and oxygen atoms in total. The number of rotatable bonds is 5. The van der Waals surface area contributed by atoms with Gasteiger partial charge in [0.05, 0.1) is 9.95 Å². The van der Waals surface area contributed by atoms with E-state index in [4.69, 9.17) is 11.6 Å². The van der Waals surface area contributed by atoms with Crippen LogP contribution in [0.1, 0.15) is 28.3 Å². The number of halogens is 1. The molecule has 2 aromatic rings. The summed E-state index contributed by atoms with van der Waals surface area (Å²) in [5.74, 6) is 0. The first-order valence-corrected chi connectivity index (χ1v) is 7.39. The Morgan fingerprint density at radius 2 is 2.15 bits per heavy atom. The molecule has 106 valence electrons. The fourth-order valence-corrected chi connectivity index (χ4v) is 2.99. The predicted molar refractivity (Wildman–Crippen MR) is 82.4 cm³/mol. The molecule has 1 unspecified atom stereocenters. The quantitative estimate of drug-likeness (QED) is 0.655. The number of hydrogen-bond acceptors (Lipinski definition) is 4. The minimum atomic E-state index is -0.444. The molecule has 0 aliphatic carbocycles. The monoisotopic (exact) mass is 310 g/mol. The molecule has 0 saturated heterocycles. The van der Waals surface area contributed by atoms with Crippen LogP contribution in [0.15, 0.2) is 30.3 Å². The first-order chi connectivity index (χ1) is 9.47. The highest BCUT2D eigenvalue weighted by molar-refractivity contribution is 7.12. The van der Waals surface area contributed by atoms with Gasteiger partial charge in [0, 0.05) is 34.5 Å². The highest BCUT2D eigenvalue weighted by Crippen LogP contribution is 2.25. The van der Waals surface area contributed by atoms with Crippen LogP contribution in [0.2, 0.25) is 5.02 Å². The van der Waals surface area contributed by atoms with Crippen molar-refractivity contribution in [2.45, 2.75) is 26.4 Å². The predicted octanol–water partition coefficient (Wildman–Crippen LogP) is 4.47. The Bertz CT molecular complexity index is 627. The zero-order valence-corrected chi connectivity index (χ0v) is 12.8. The Morgan fingerprint density at radius 3 is 2.70 bits per heavy atom. The fraction of sp³-hybridized carbons (Fsp3) is 0.286. The summed E-state index contributed by atoms with van der Waals surface area (Å²) in [7, 11) is 0. The van der Waals surface area contributed by atoms with Gasteiger partial charge < -0.3 is 5.32 Å². The summed E-state index contributed by atoms with van der Waals surface area (Å²) < 4.78 is 0. The maximum atomic E-state index is 10.7. The zero-order valence-electron chi connectivity index (χ0n) is 11.2. The minimum absolute atomic E-state index is 0.0145. The van der Waals surface area contributed by atoms with E-state index in [1.165, 1.54) is 21.9 Å². The SMILES string of the molecule is Cc1ccc(C(C)NCc2ccc([N+](=O)[O-])cc2Cl)s1. The van der Waals surface area contributed by atoms with Crippen LogP contribution in [0, 0.1) is 17.0 Å². The van der Waals surface area contributed by atoms with E-state index >= 15 is 0 Å². The summed E-state index contributed by atoms with van der Waals surface area (Å²) in [4.78, 5) is 12.8. The third-order valence-electron chi connectivity index (χ3n) is 3.03. The molecule has 1 aromatic carbocycles. The second-order valence-electron chi connectivity index (χ2n) is 4.58. The number of nitrogens with one attached hydrogen (secondary N) is 1. The molecule has 0 spiro atoms. The van der Waals surface area contributed by atoms with Gasteiger partial charge in [-0.15, -0.1) is 11.3 Å². The van der Waals surface area contributed by atoms with Gasteiger partial charge in [-0.1, -0.05) is 11.6 Å². The summed E-state index contributed by atoms with van der Waals surface area (Å²) in [6, 6.07) is 8.98. The third-order valence-corrected chi connectivity index (χ3v) is 4.57. The highest BCUT2D eigenvalue weighted by atomic mass is 35.5. The standard InChI is InChI=1S/C14H15ClN2O2S/c1-9-3-6-14(20-9)10(2)16-8-11-4-5-12(17(18)19)7-13(11)15/h3-7,10,16H,8H2,1-2H3. The number of non-ortho nitro benzene ring substituents is 1. The van der Waals surface area contributed by atoms with Gasteiger partial charge >= 0.3 is 0 Å². The highest BCUT2D eigenvalue weighted by Gasteiger charge is 2.11. The first-order valence-electron chi connectivity index (χ1n) is 6.20. The maximum Gasteiger partial charge on any atom is 0.270 e. The molecule has 6 heteroatoms. The Morgan fingerprint density at radius 1 is 1.40 bits per heavy atom. The summed E-state index contributed by atoms with van der Waals surface area (Å²) in [5.41, 5.74) is 0.873. The van der Waals surface area contributed by atoms with Gasteiger partial charge in [0.2, 0.25) is 0 Å².